The molecule has 0 radical (unpaired) electrons. The van der Waals surface area contributed by atoms with E-state index in [2.05, 4.69) is 10.1 Å². The first-order chi connectivity index (χ1) is 12.6. The third kappa shape index (κ3) is 3.27. The van der Waals surface area contributed by atoms with E-state index in [1.54, 1.807) is 4.31 Å². The predicted molar refractivity (Wildman–Crippen MR) is 95.7 cm³/mol. The summed E-state index contributed by atoms with van der Waals surface area (Å²) < 4.78 is 36.9. The summed E-state index contributed by atoms with van der Waals surface area (Å²) >= 11 is 0. The highest BCUT2D eigenvalue weighted by molar-refractivity contribution is 7.86. The van der Waals surface area contributed by atoms with Gasteiger partial charge in [0.2, 0.25) is 0 Å². The molecule has 2 aliphatic heterocycles. The molecule has 0 saturated carbocycles. The molecule has 0 amide bonds. The van der Waals surface area contributed by atoms with Crippen LogP contribution in [-0.2, 0) is 27.9 Å². The highest BCUT2D eigenvalue weighted by atomic mass is 32.2. The molecular weight excluding hydrogens is 354 g/mol. The van der Waals surface area contributed by atoms with Crippen molar-refractivity contribution in [2.45, 2.75) is 25.9 Å². The van der Waals surface area contributed by atoms with Gasteiger partial charge in [-0.25, -0.2) is 9.67 Å². The number of benzene rings is 1. The SMILES string of the molecule is Cc1nc2n(n1)CCN(S(=O)(=O)N1CCOCC1)[C@H]2Cc1ccccc1. The van der Waals surface area contributed by atoms with Crippen molar-refractivity contribution in [3.8, 4) is 0 Å². The van der Waals surface area contributed by atoms with Crippen molar-refractivity contribution in [2.24, 2.45) is 0 Å². The van der Waals surface area contributed by atoms with Crippen molar-refractivity contribution in [3.63, 3.8) is 0 Å². The largest absolute Gasteiger partial charge is 0.379 e. The molecule has 9 heteroatoms. The Balaban J connectivity index is 1.70. The fourth-order valence-corrected chi connectivity index (χ4v) is 5.30. The monoisotopic (exact) mass is 377 g/mol. The maximum absolute atomic E-state index is 13.3. The summed E-state index contributed by atoms with van der Waals surface area (Å²) in [6.07, 6.45) is 0.572. The number of rotatable bonds is 4. The number of fused-ring (bicyclic) bond motifs is 1. The fourth-order valence-electron chi connectivity index (χ4n) is 3.59. The molecule has 0 N–H and O–H groups in total. The maximum atomic E-state index is 13.3. The molecule has 26 heavy (non-hydrogen) atoms. The van der Waals surface area contributed by atoms with Crippen LogP contribution in [0.1, 0.15) is 23.3 Å². The Labute approximate surface area is 153 Å². The van der Waals surface area contributed by atoms with E-state index in [-0.39, 0.29) is 6.04 Å². The second-order valence-electron chi connectivity index (χ2n) is 6.58. The molecule has 8 nitrogen and oxygen atoms in total. The smallest absolute Gasteiger partial charge is 0.282 e. The van der Waals surface area contributed by atoms with Gasteiger partial charge in [0.1, 0.15) is 11.6 Å². The van der Waals surface area contributed by atoms with Gasteiger partial charge >= 0.3 is 0 Å². The Bertz CT molecular complexity index is 862. The highest BCUT2D eigenvalue weighted by Gasteiger charge is 2.41. The average molecular weight is 377 g/mol. The number of hydrogen-bond acceptors (Lipinski definition) is 5. The average Bonchev–Trinajstić information content (AvgIpc) is 3.04. The molecular formula is C17H23N5O3S. The Morgan fingerprint density at radius 2 is 1.85 bits per heavy atom. The van der Waals surface area contributed by atoms with Crippen LogP contribution in [0.2, 0.25) is 0 Å². The maximum Gasteiger partial charge on any atom is 0.282 e. The lowest BCUT2D eigenvalue weighted by molar-refractivity contribution is 0.0681. The first-order valence-electron chi connectivity index (χ1n) is 8.85. The Kier molecular flexibility index (Phi) is 4.78. The fraction of sp³-hybridized carbons (Fsp3) is 0.529. The van der Waals surface area contributed by atoms with E-state index in [1.165, 1.54) is 4.31 Å². The molecule has 1 fully saturated rings. The number of hydrogen-bond donors (Lipinski definition) is 0. The quantitative estimate of drug-likeness (QED) is 0.786. The van der Waals surface area contributed by atoms with E-state index >= 15 is 0 Å². The lowest BCUT2D eigenvalue weighted by Gasteiger charge is -2.38. The highest BCUT2D eigenvalue weighted by Crippen LogP contribution is 2.31. The Morgan fingerprint density at radius 1 is 1.12 bits per heavy atom. The van der Waals surface area contributed by atoms with E-state index in [0.717, 1.165) is 11.4 Å². The summed E-state index contributed by atoms with van der Waals surface area (Å²) in [7, 11) is -3.58. The van der Waals surface area contributed by atoms with Crippen LogP contribution < -0.4 is 0 Å². The van der Waals surface area contributed by atoms with Crippen LogP contribution in [0.4, 0.5) is 0 Å². The van der Waals surface area contributed by atoms with Gasteiger partial charge in [-0.1, -0.05) is 30.3 Å². The number of nitrogens with zero attached hydrogens (tertiary/aromatic N) is 5. The number of morpholine rings is 1. The van der Waals surface area contributed by atoms with Crippen molar-refractivity contribution >= 4 is 10.2 Å². The zero-order valence-corrected chi connectivity index (χ0v) is 15.6. The van der Waals surface area contributed by atoms with Crippen molar-refractivity contribution < 1.29 is 13.2 Å². The van der Waals surface area contributed by atoms with Crippen LogP contribution in [0.15, 0.2) is 30.3 Å². The molecule has 0 unspecified atom stereocenters. The van der Waals surface area contributed by atoms with Gasteiger partial charge in [0.15, 0.2) is 0 Å². The second-order valence-corrected chi connectivity index (χ2v) is 8.46. The van der Waals surface area contributed by atoms with E-state index in [9.17, 15) is 8.42 Å². The minimum Gasteiger partial charge on any atom is -0.379 e. The van der Waals surface area contributed by atoms with Crippen LogP contribution in [0.3, 0.4) is 0 Å². The summed E-state index contributed by atoms with van der Waals surface area (Å²) in [6.45, 7) is 4.41. The molecule has 2 aromatic rings. The van der Waals surface area contributed by atoms with Crippen LogP contribution in [-0.4, -0.2) is 64.6 Å². The van der Waals surface area contributed by atoms with Gasteiger partial charge in [0.25, 0.3) is 10.2 Å². The molecule has 0 bridgehead atoms. The van der Waals surface area contributed by atoms with Gasteiger partial charge in [-0.05, 0) is 18.9 Å². The topological polar surface area (TPSA) is 80.6 Å². The number of aromatic nitrogens is 3. The number of ether oxygens (including phenoxy) is 1. The minimum absolute atomic E-state index is 0.361. The van der Waals surface area contributed by atoms with Gasteiger partial charge in [0.05, 0.1) is 25.8 Å². The zero-order valence-electron chi connectivity index (χ0n) is 14.8. The van der Waals surface area contributed by atoms with E-state index in [4.69, 9.17) is 4.74 Å². The number of aryl methyl sites for hydroxylation is 1. The summed E-state index contributed by atoms with van der Waals surface area (Å²) in [6, 6.07) is 9.56. The molecule has 1 aromatic heterocycles. The lowest BCUT2D eigenvalue weighted by atomic mass is 10.0. The third-order valence-corrected chi connectivity index (χ3v) is 6.90. The van der Waals surface area contributed by atoms with Gasteiger partial charge in [0, 0.05) is 19.6 Å². The van der Waals surface area contributed by atoms with Crippen molar-refractivity contribution in [3.05, 3.63) is 47.5 Å². The molecule has 0 spiro atoms. The molecule has 4 rings (SSSR count). The van der Waals surface area contributed by atoms with Crippen LogP contribution in [0, 0.1) is 6.92 Å². The zero-order chi connectivity index (χ0) is 18.1. The third-order valence-electron chi connectivity index (χ3n) is 4.85. The standard InChI is InChI=1S/C17H23N5O3S/c1-14-18-17-16(13-15-5-3-2-4-6-15)22(8-7-21(17)19-14)26(23,24)20-9-11-25-12-10-20/h2-6,16H,7-13H2,1H3/t16-/m0/s1. The normalized spacial score (nSPS) is 22.3. The van der Waals surface area contributed by atoms with E-state index in [1.807, 2.05) is 41.9 Å². The summed E-state index contributed by atoms with van der Waals surface area (Å²) in [5.74, 6) is 1.39. The molecule has 1 atom stereocenters. The van der Waals surface area contributed by atoms with E-state index < -0.39 is 10.2 Å². The van der Waals surface area contributed by atoms with Crippen LogP contribution in [0.5, 0.6) is 0 Å². The predicted octanol–water partition coefficient (Wildman–Crippen LogP) is 0.763. The van der Waals surface area contributed by atoms with Crippen molar-refractivity contribution in [1.29, 1.82) is 0 Å². The summed E-state index contributed by atoms with van der Waals surface area (Å²) in [5, 5.41) is 4.42. The first-order valence-corrected chi connectivity index (χ1v) is 10.3. The van der Waals surface area contributed by atoms with Gasteiger partial charge in [-0.2, -0.15) is 22.1 Å². The molecule has 3 heterocycles. The van der Waals surface area contributed by atoms with Crippen LogP contribution >= 0.6 is 0 Å². The van der Waals surface area contributed by atoms with Gasteiger partial charge in [-0.15, -0.1) is 0 Å². The molecule has 1 saturated heterocycles. The van der Waals surface area contributed by atoms with Gasteiger partial charge < -0.3 is 4.74 Å². The molecule has 2 aliphatic rings. The molecule has 0 aliphatic carbocycles. The van der Waals surface area contributed by atoms with Crippen LogP contribution in [0.25, 0.3) is 0 Å². The lowest BCUT2D eigenvalue weighted by Crippen LogP contribution is -2.52. The first kappa shape index (κ1) is 17.6. The molecule has 1 aromatic carbocycles. The van der Waals surface area contributed by atoms with Crippen molar-refractivity contribution in [1.82, 2.24) is 23.4 Å². The Hall–Kier alpha value is -1.81. The van der Waals surface area contributed by atoms with Gasteiger partial charge in [-0.3, -0.25) is 0 Å². The minimum atomic E-state index is -3.58. The summed E-state index contributed by atoms with van der Waals surface area (Å²) in [4.78, 5) is 4.54. The molecule has 140 valence electrons. The van der Waals surface area contributed by atoms with Crippen molar-refractivity contribution in [2.75, 3.05) is 32.8 Å². The van der Waals surface area contributed by atoms with E-state index in [0.29, 0.717) is 51.6 Å². The second kappa shape index (κ2) is 7.07. The Morgan fingerprint density at radius 3 is 2.58 bits per heavy atom. The summed E-state index contributed by atoms with van der Waals surface area (Å²) in [5.41, 5.74) is 1.08.